The molecule has 0 aliphatic carbocycles. The number of aromatic nitrogens is 2. The van der Waals surface area contributed by atoms with Gasteiger partial charge in [0, 0.05) is 45.5 Å². The fourth-order valence-electron chi connectivity index (χ4n) is 4.68. The number of carbonyl (C=O) groups excluding carboxylic acids is 1. The summed E-state index contributed by atoms with van der Waals surface area (Å²) < 4.78 is 38.1. The number of piperidine rings is 1. The number of rotatable bonds is 8. The van der Waals surface area contributed by atoms with Crippen molar-refractivity contribution in [2.75, 3.05) is 57.9 Å². The molecule has 1 atom stereocenters. The van der Waals surface area contributed by atoms with E-state index in [4.69, 9.17) is 14.5 Å². The van der Waals surface area contributed by atoms with Gasteiger partial charge >= 0.3 is 5.97 Å². The van der Waals surface area contributed by atoms with E-state index in [2.05, 4.69) is 14.8 Å². The van der Waals surface area contributed by atoms with E-state index in [0.717, 1.165) is 25.9 Å². The van der Waals surface area contributed by atoms with Crippen molar-refractivity contribution in [1.29, 1.82) is 0 Å². The highest BCUT2D eigenvalue weighted by atomic mass is 32.2. The second-order valence-electron chi connectivity index (χ2n) is 9.03. The van der Waals surface area contributed by atoms with E-state index in [-0.39, 0.29) is 10.9 Å². The Balaban J connectivity index is 1.48. The first-order chi connectivity index (χ1) is 17.3. The highest BCUT2D eigenvalue weighted by Gasteiger charge is 2.32. The van der Waals surface area contributed by atoms with Crippen LogP contribution in [0.5, 0.6) is 5.75 Å². The molecule has 1 aromatic heterocycles. The number of hydrogen-bond donors (Lipinski definition) is 0. The van der Waals surface area contributed by atoms with Crippen molar-refractivity contribution >= 4 is 21.8 Å². The summed E-state index contributed by atoms with van der Waals surface area (Å²) in [7, 11) is -2.03. The van der Waals surface area contributed by atoms with Crippen molar-refractivity contribution in [3.05, 3.63) is 41.9 Å². The van der Waals surface area contributed by atoms with Gasteiger partial charge in [0.15, 0.2) is 0 Å². The van der Waals surface area contributed by atoms with E-state index in [1.807, 2.05) is 6.92 Å². The SMILES string of the molecule is CCOC(=O)c1cnc(C(C)N2CCN(S(=O)(=O)c3ccc(OC)cc3)CC2)nc1N1CCCCC1. The minimum Gasteiger partial charge on any atom is -0.497 e. The zero-order chi connectivity index (χ0) is 25.7. The first-order valence-corrected chi connectivity index (χ1v) is 14.0. The van der Waals surface area contributed by atoms with E-state index in [1.165, 1.54) is 10.7 Å². The minimum atomic E-state index is -3.58. The van der Waals surface area contributed by atoms with Gasteiger partial charge in [0.1, 0.15) is 23.0 Å². The van der Waals surface area contributed by atoms with E-state index in [1.54, 1.807) is 44.5 Å². The first-order valence-electron chi connectivity index (χ1n) is 12.5. The van der Waals surface area contributed by atoms with Crippen molar-refractivity contribution < 1.29 is 22.7 Å². The van der Waals surface area contributed by atoms with Gasteiger partial charge in [-0.3, -0.25) is 4.90 Å². The maximum atomic E-state index is 13.1. The smallest absolute Gasteiger partial charge is 0.343 e. The lowest BCUT2D eigenvalue weighted by Gasteiger charge is -2.37. The van der Waals surface area contributed by atoms with Crippen LogP contribution in [0.4, 0.5) is 5.82 Å². The molecule has 0 bridgehead atoms. The monoisotopic (exact) mass is 517 g/mol. The summed E-state index contributed by atoms with van der Waals surface area (Å²) in [5.41, 5.74) is 0.394. The zero-order valence-corrected chi connectivity index (χ0v) is 22.0. The summed E-state index contributed by atoms with van der Waals surface area (Å²) in [5, 5.41) is 0. The molecular formula is C25H35N5O5S. The van der Waals surface area contributed by atoms with Crippen molar-refractivity contribution in [2.24, 2.45) is 0 Å². The molecule has 2 aromatic rings. The lowest BCUT2D eigenvalue weighted by Crippen LogP contribution is -2.49. The molecule has 2 fully saturated rings. The molecule has 36 heavy (non-hydrogen) atoms. The van der Waals surface area contributed by atoms with Crippen molar-refractivity contribution in [3.63, 3.8) is 0 Å². The number of esters is 1. The van der Waals surface area contributed by atoms with Crippen molar-refractivity contribution in [2.45, 2.75) is 44.0 Å². The molecule has 1 aromatic carbocycles. The number of ether oxygens (including phenoxy) is 2. The molecule has 2 aliphatic heterocycles. The number of anilines is 1. The molecule has 1 unspecified atom stereocenters. The van der Waals surface area contributed by atoms with E-state index >= 15 is 0 Å². The van der Waals surface area contributed by atoms with Crippen LogP contribution in [0, 0.1) is 0 Å². The van der Waals surface area contributed by atoms with Crippen LogP contribution in [0.3, 0.4) is 0 Å². The Hall–Kier alpha value is -2.76. The maximum Gasteiger partial charge on any atom is 0.343 e. The number of hydrogen-bond acceptors (Lipinski definition) is 9. The van der Waals surface area contributed by atoms with E-state index in [9.17, 15) is 13.2 Å². The van der Waals surface area contributed by atoms with Gasteiger partial charge in [-0.15, -0.1) is 0 Å². The number of methoxy groups -OCH3 is 1. The second-order valence-corrected chi connectivity index (χ2v) is 11.0. The lowest BCUT2D eigenvalue weighted by molar-refractivity contribution is 0.0525. The Morgan fingerprint density at radius 1 is 1.03 bits per heavy atom. The van der Waals surface area contributed by atoms with Gasteiger partial charge in [-0.1, -0.05) is 0 Å². The maximum absolute atomic E-state index is 13.1. The molecule has 4 rings (SSSR count). The first kappa shape index (κ1) is 26.3. The predicted octanol–water partition coefficient (Wildman–Crippen LogP) is 2.72. The molecule has 0 N–H and O–H groups in total. The topological polar surface area (TPSA) is 105 Å². The van der Waals surface area contributed by atoms with Crippen LogP contribution in [0.25, 0.3) is 0 Å². The molecule has 0 radical (unpaired) electrons. The van der Waals surface area contributed by atoms with Gasteiger partial charge in [-0.05, 0) is 57.4 Å². The van der Waals surface area contributed by atoms with Crippen LogP contribution in [0.2, 0.25) is 0 Å². The normalized spacial score (nSPS) is 18.6. The Labute approximate surface area is 213 Å². The third-order valence-electron chi connectivity index (χ3n) is 6.83. The zero-order valence-electron chi connectivity index (χ0n) is 21.2. The van der Waals surface area contributed by atoms with Gasteiger partial charge in [0.25, 0.3) is 0 Å². The molecule has 2 saturated heterocycles. The van der Waals surface area contributed by atoms with Crippen LogP contribution < -0.4 is 9.64 Å². The summed E-state index contributed by atoms with van der Waals surface area (Å²) in [6.45, 7) is 7.64. The predicted molar refractivity (Wildman–Crippen MR) is 136 cm³/mol. The van der Waals surface area contributed by atoms with Crippen LogP contribution in [0.15, 0.2) is 35.4 Å². The van der Waals surface area contributed by atoms with Crippen molar-refractivity contribution in [1.82, 2.24) is 19.2 Å². The van der Waals surface area contributed by atoms with Gasteiger partial charge in [0.05, 0.1) is 24.7 Å². The van der Waals surface area contributed by atoms with Crippen LogP contribution in [-0.4, -0.2) is 86.5 Å². The molecule has 2 aliphatic rings. The minimum absolute atomic E-state index is 0.129. The highest BCUT2D eigenvalue weighted by Crippen LogP contribution is 2.27. The van der Waals surface area contributed by atoms with E-state index in [0.29, 0.717) is 55.7 Å². The fraction of sp³-hybridized carbons (Fsp3) is 0.560. The number of benzene rings is 1. The van der Waals surface area contributed by atoms with E-state index < -0.39 is 16.0 Å². The van der Waals surface area contributed by atoms with Crippen LogP contribution in [0.1, 0.15) is 55.3 Å². The molecule has 0 saturated carbocycles. The standard InChI is InChI=1S/C25H35N5O5S/c1-4-35-25(31)22-18-26-23(27-24(22)29-12-6-5-7-13-29)19(2)28-14-16-30(17-15-28)36(32,33)21-10-8-20(34-3)9-11-21/h8-11,18-19H,4-7,12-17H2,1-3H3. The molecule has 11 heteroatoms. The quantitative estimate of drug-likeness (QED) is 0.489. The Bertz CT molecular complexity index is 1140. The number of sulfonamides is 1. The number of nitrogens with zero attached hydrogens (tertiary/aromatic N) is 5. The summed E-state index contributed by atoms with van der Waals surface area (Å²) in [6.07, 6.45) is 4.86. The van der Waals surface area contributed by atoms with Crippen LogP contribution >= 0.6 is 0 Å². The summed E-state index contributed by atoms with van der Waals surface area (Å²) in [5.74, 6) is 1.46. The largest absolute Gasteiger partial charge is 0.497 e. The third-order valence-corrected chi connectivity index (χ3v) is 8.74. The average molecular weight is 518 g/mol. The summed E-state index contributed by atoms with van der Waals surface area (Å²) >= 11 is 0. The molecule has 0 spiro atoms. The van der Waals surface area contributed by atoms with Gasteiger partial charge < -0.3 is 14.4 Å². The second kappa shape index (κ2) is 11.5. The molecule has 0 amide bonds. The van der Waals surface area contributed by atoms with Gasteiger partial charge in [-0.2, -0.15) is 4.31 Å². The average Bonchev–Trinajstić information content (AvgIpc) is 2.93. The molecular weight excluding hydrogens is 482 g/mol. The molecule has 196 valence electrons. The van der Waals surface area contributed by atoms with Crippen molar-refractivity contribution in [3.8, 4) is 5.75 Å². The Morgan fingerprint density at radius 3 is 2.31 bits per heavy atom. The van der Waals surface area contributed by atoms with Gasteiger partial charge in [0.2, 0.25) is 10.0 Å². The molecule has 10 nitrogen and oxygen atoms in total. The lowest BCUT2D eigenvalue weighted by atomic mass is 10.1. The van der Waals surface area contributed by atoms with Crippen LogP contribution in [-0.2, 0) is 14.8 Å². The third kappa shape index (κ3) is 5.63. The summed E-state index contributed by atoms with van der Waals surface area (Å²) in [4.78, 5) is 26.5. The number of piperazine rings is 1. The summed E-state index contributed by atoms with van der Waals surface area (Å²) in [6, 6.07) is 6.33. The van der Waals surface area contributed by atoms with Gasteiger partial charge in [-0.25, -0.2) is 23.2 Å². The Morgan fingerprint density at radius 2 is 1.69 bits per heavy atom. The molecule has 3 heterocycles. The number of carbonyl (C=O) groups is 1. The Kier molecular flexibility index (Phi) is 8.43. The fourth-order valence-corrected chi connectivity index (χ4v) is 6.10. The highest BCUT2D eigenvalue weighted by molar-refractivity contribution is 7.89.